The normalized spacial score (nSPS) is 10.9. The molecule has 0 fully saturated rings. The Balaban J connectivity index is 1.98. The summed E-state index contributed by atoms with van der Waals surface area (Å²) in [5.41, 5.74) is 1.53. The monoisotopic (exact) mass is 318 g/mol. The predicted octanol–water partition coefficient (Wildman–Crippen LogP) is 2.16. The highest BCUT2D eigenvalue weighted by atomic mass is 35.5. The summed E-state index contributed by atoms with van der Waals surface area (Å²) < 4.78 is 1.67. The molecule has 0 spiro atoms. The first kappa shape index (κ1) is 14.6. The topological polar surface area (TPSA) is 87.9 Å². The zero-order valence-corrected chi connectivity index (χ0v) is 12.7. The van der Waals surface area contributed by atoms with Crippen molar-refractivity contribution in [1.82, 2.24) is 19.7 Å². The van der Waals surface area contributed by atoms with Crippen LogP contribution in [0.5, 0.6) is 0 Å². The van der Waals surface area contributed by atoms with Gasteiger partial charge in [0.2, 0.25) is 5.95 Å². The second-order valence-corrected chi connectivity index (χ2v) is 5.12. The third-order valence-corrected chi connectivity index (χ3v) is 3.35. The highest BCUT2D eigenvalue weighted by Gasteiger charge is 2.11. The van der Waals surface area contributed by atoms with Crippen molar-refractivity contribution < 1.29 is 5.11 Å². The molecule has 0 atom stereocenters. The molecule has 0 saturated carbocycles. The molecule has 0 saturated heterocycles. The van der Waals surface area contributed by atoms with Crippen molar-refractivity contribution in [1.29, 1.82) is 0 Å². The number of aryl methyl sites for hydroxylation is 1. The molecule has 0 unspecified atom stereocenters. The summed E-state index contributed by atoms with van der Waals surface area (Å²) in [4.78, 5) is 8.90. The molecule has 0 amide bonds. The number of aliphatic hydroxyl groups excluding tert-OH is 1. The van der Waals surface area contributed by atoms with E-state index in [1.807, 2.05) is 19.2 Å². The van der Waals surface area contributed by atoms with Crippen LogP contribution in [0.15, 0.2) is 30.5 Å². The number of rotatable bonds is 5. The fourth-order valence-electron chi connectivity index (χ4n) is 2.05. The molecule has 0 aliphatic heterocycles. The van der Waals surface area contributed by atoms with Crippen molar-refractivity contribution in [3.63, 3.8) is 0 Å². The van der Waals surface area contributed by atoms with Gasteiger partial charge in [-0.15, -0.1) is 0 Å². The number of aromatic nitrogens is 4. The molecule has 0 aliphatic rings. The lowest BCUT2D eigenvalue weighted by atomic mass is 10.3. The van der Waals surface area contributed by atoms with Gasteiger partial charge in [-0.05, 0) is 24.3 Å². The summed E-state index contributed by atoms with van der Waals surface area (Å²) in [5.74, 6) is 1.07. The van der Waals surface area contributed by atoms with Gasteiger partial charge in [-0.3, -0.25) is 4.68 Å². The quantitative estimate of drug-likeness (QED) is 0.668. The summed E-state index contributed by atoms with van der Waals surface area (Å²) >= 11 is 5.88. The molecule has 2 aromatic heterocycles. The molecule has 2 heterocycles. The molecular formula is C14H15ClN6O. The van der Waals surface area contributed by atoms with Crippen LogP contribution in [-0.2, 0) is 7.05 Å². The lowest BCUT2D eigenvalue weighted by Crippen LogP contribution is -2.09. The van der Waals surface area contributed by atoms with E-state index in [-0.39, 0.29) is 6.61 Å². The molecular weight excluding hydrogens is 304 g/mol. The van der Waals surface area contributed by atoms with Crippen molar-refractivity contribution in [3.8, 4) is 0 Å². The summed E-state index contributed by atoms with van der Waals surface area (Å²) in [6.45, 7) is 0.424. The van der Waals surface area contributed by atoms with Gasteiger partial charge in [0.25, 0.3) is 0 Å². The number of benzene rings is 1. The Morgan fingerprint density at radius 2 is 2.00 bits per heavy atom. The molecule has 3 rings (SSSR count). The van der Waals surface area contributed by atoms with Crippen LogP contribution in [0.25, 0.3) is 11.0 Å². The largest absolute Gasteiger partial charge is 0.395 e. The third-order valence-electron chi connectivity index (χ3n) is 3.10. The van der Waals surface area contributed by atoms with E-state index in [0.717, 1.165) is 11.1 Å². The molecule has 0 radical (unpaired) electrons. The number of nitrogens with one attached hydrogen (secondary N) is 2. The lowest BCUT2D eigenvalue weighted by Gasteiger charge is -2.09. The van der Waals surface area contributed by atoms with Crippen LogP contribution in [0, 0.1) is 0 Å². The zero-order chi connectivity index (χ0) is 15.5. The molecule has 3 aromatic rings. The molecule has 3 N–H and O–H groups in total. The van der Waals surface area contributed by atoms with Gasteiger partial charge in [0.15, 0.2) is 5.65 Å². The van der Waals surface area contributed by atoms with Crippen molar-refractivity contribution in [2.75, 3.05) is 23.8 Å². The second-order valence-electron chi connectivity index (χ2n) is 4.68. The van der Waals surface area contributed by atoms with Crippen LogP contribution in [0.1, 0.15) is 0 Å². The van der Waals surface area contributed by atoms with Gasteiger partial charge in [0.05, 0.1) is 18.2 Å². The smallest absolute Gasteiger partial charge is 0.231 e. The highest BCUT2D eigenvalue weighted by molar-refractivity contribution is 6.30. The van der Waals surface area contributed by atoms with E-state index in [2.05, 4.69) is 25.7 Å². The van der Waals surface area contributed by atoms with Gasteiger partial charge in [0, 0.05) is 24.3 Å². The van der Waals surface area contributed by atoms with E-state index in [0.29, 0.717) is 29.0 Å². The fraction of sp³-hybridized carbons (Fsp3) is 0.214. The van der Waals surface area contributed by atoms with Crippen molar-refractivity contribution in [3.05, 3.63) is 35.5 Å². The Kier molecular flexibility index (Phi) is 4.08. The Morgan fingerprint density at radius 3 is 2.73 bits per heavy atom. The highest BCUT2D eigenvalue weighted by Crippen LogP contribution is 2.23. The standard InChI is InChI=1S/C14H15ClN6O/c1-21-13-11(8-17-21)12(16-6-7-22)19-14(20-13)18-10-4-2-9(15)3-5-10/h2-5,8,22H,6-7H2,1H3,(H2,16,18,19,20). The minimum absolute atomic E-state index is 0.0195. The SMILES string of the molecule is Cn1ncc2c(NCCO)nc(Nc3ccc(Cl)cc3)nc21. The predicted molar refractivity (Wildman–Crippen MR) is 86.6 cm³/mol. The van der Waals surface area contributed by atoms with E-state index >= 15 is 0 Å². The van der Waals surface area contributed by atoms with Crippen molar-refractivity contribution >= 4 is 40.1 Å². The third kappa shape index (κ3) is 2.95. The summed E-state index contributed by atoms with van der Waals surface area (Å²) in [6, 6.07) is 7.27. The molecule has 1 aromatic carbocycles. The first-order chi connectivity index (χ1) is 10.7. The van der Waals surface area contributed by atoms with Gasteiger partial charge >= 0.3 is 0 Å². The number of aliphatic hydroxyl groups is 1. The zero-order valence-electron chi connectivity index (χ0n) is 11.9. The van der Waals surface area contributed by atoms with Gasteiger partial charge in [-0.25, -0.2) is 0 Å². The van der Waals surface area contributed by atoms with Crippen LogP contribution in [0.3, 0.4) is 0 Å². The maximum absolute atomic E-state index is 8.98. The van der Waals surface area contributed by atoms with E-state index in [9.17, 15) is 0 Å². The number of hydrogen-bond donors (Lipinski definition) is 3. The Bertz CT molecular complexity index is 786. The lowest BCUT2D eigenvalue weighted by molar-refractivity contribution is 0.311. The van der Waals surface area contributed by atoms with Crippen LogP contribution in [0.4, 0.5) is 17.5 Å². The molecule has 7 nitrogen and oxygen atoms in total. The minimum Gasteiger partial charge on any atom is -0.395 e. The first-order valence-corrected chi connectivity index (χ1v) is 7.12. The van der Waals surface area contributed by atoms with Gasteiger partial charge in [-0.1, -0.05) is 11.6 Å². The van der Waals surface area contributed by atoms with Gasteiger partial charge in [-0.2, -0.15) is 15.1 Å². The Labute approximate surface area is 132 Å². The maximum atomic E-state index is 8.98. The minimum atomic E-state index is 0.0195. The molecule has 0 aliphatic carbocycles. The molecule has 0 bridgehead atoms. The van der Waals surface area contributed by atoms with E-state index < -0.39 is 0 Å². The molecule has 22 heavy (non-hydrogen) atoms. The summed E-state index contributed by atoms with van der Waals surface area (Å²) in [6.07, 6.45) is 1.70. The summed E-state index contributed by atoms with van der Waals surface area (Å²) in [7, 11) is 1.82. The van der Waals surface area contributed by atoms with Gasteiger partial charge < -0.3 is 15.7 Å². The second kappa shape index (κ2) is 6.17. The number of fused-ring (bicyclic) bond motifs is 1. The van der Waals surface area contributed by atoms with E-state index in [1.165, 1.54) is 0 Å². The Hall–Kier alpha value is -2.38. The van der Waals surface area contributed by atoms with Crippen LogP contribution >= 0.6 is 11.6 Å². The number of nitrogens with zero attached hydrogens (tertiary/aromatic N) is 4. The number of halogens is 1. The number of anilines is 3. The molecule has 114 valence electrons. The van der Waals surface area contributed by atoms with Crippen molar-refractivity contribution in [2.24, 2.45) is 7.05 Å². The number of hydrogen-bond acceptors (Lipinski definition) is 6. The van der Waals surface area contributed by atoms with E-state index in [1.54, 1.807) is 23.0 Å². The average Bonchev–Trinajstić information content (AvgIpc) is 2.89. The van der Waals surface area contributed by atoms with Gasteiger partial charge in [0.1, 0.15) is 5.82 Å². The fourth-order valence-corrected chi connectivity index (χ4v) is 2.18. The summed E-state index contributed by atoms with van der Waals surface area (Å²) in [5, 5.41) is 20.8. The van der Waals surface area contributed by atoms with Crippen molar-refractivity contribution in [2.45, 2.75) is 0 Å². The van der Waals surface area contributed by atoms with Crippen LogP contribution in [0.2, 0.25) is 5.02 Å². The maximum Gasteiger partial charge on any atom is 0.231 e. The molecule has 8 heteroatoms. The Morgan fingerprint density at radius 1 is 1.23 bits per heavy atom. The van der Waals surface area contributed by atoms with Crippen LogP contribution in [-0.4, -0.2) is 38.0 Å². The average molecular weight is 319 g/mol. The van der Waals surface area contributed by atoms with Crippen LogP contribution < -0.4 is 10.6 Å². The first-order valence-electron chi connectivity index (χ1n) is 6.74. The van der Waals surface area contributed by atoms with E-state index in [4.69, 9.17) is 16.7 Å².